The highest BCUT2D eigenvalue weighted by molar-refractivity contribution is 5.83. The highest BCUT2D eigenvalue weighted by Gasteiger charge is 2.08. The zero-order chi connectivity index (χ0) is 13.7. The summed E-state index contributed by atoms with van der Waals surface area (Å²) in [6, 6.07) is 0. The molecule has 0 unspecified atom stereocenters. The summed E-state index contributed by atoms with van der Waals surface area (Å²) < 4.78 is 0. The molecule has 0 aliphatic heterocycles. The zero-order valence-corrected chi connectivity index (χ0v) is 10.7. The Balaban J connectivity index is 1.99. The molecular formula is C11H17N7O. The molecule has 8 nitrogen and oxygen atoms in total. The second-order valence-corrected chi connectivity index (χ2v) is 4.10. The van der Waals surface area contributed by atoms with Gasteiger partial charge in [0.25, 0.3) is 0 Å². The van der Waals surface area contributed by atoms with E-state index >= 15 is 0 Å². The van der Waals surface area contributed by atoms with Crippen molar-refractivity contribution in [3.63, 3.8) is 0 Å². The first-order chi connectivity index (χ1) is 9.20. The van der Waals surface area contributed by atoms with E-state index in [2.05, 4.69) is 30.6 Å². The van der Waals surface area contributed by atoms with Gasteiger partial charge in [0.2, 0.25) is 11.9 Å². The van der Waals surface area contributed by atoms with Crippen LogP contribution < -0.4 is 16.4 Å². The molecule has 0 aromatic carbocycles. The summed E-state index contributed by atoms with van der Waals surface area (Å²) in [4.78, 5) is 26.3. The number of carbonyl (C=O) groups excluding carboxylic acids is 1. The molecule has 0 bridgehead atoms. The summed E-state index contributed by atoms with van der Waals surface area (Å²) in [5.41, 5.74) is 6.47. The number of nitrogens with two attached hydrogens (primary N) is 1. The third-order valence-electron chi connectivity index (χ3n) is 2.65. The van der Waals surface area contributed by atoms with Gasteiger partial charge in [0.1, 0.15) is 5.52 Å². The topological polar surface area (TPSA) is 122 Å². The number of aromatic nitrogens is 4. The Hall–Kier alpha value is -2.38. The van der Waals surface area contributed by atoms with Crippen molar-refractivity contribution in [1.82, 2.24) is 19.9 Å². The number of H-pyrrole nitrogens is 1. The second-order valence-electron chi connectivity index (χ2n) is 4.10. The number of fused-ring (bicyclic) bond motifs is 1. The van der Waals surface area contributed by atoms with Crippen molar-refractivity contribution in [3.8, 4) is 0 Å². The predicted octanol–water partition coefficient (Wildman–Crippen LogP) is 0.462. The predicted molar refractivity (Wildman–Crippen MR) is 72.8 cm³/mol. The van der Waals surface area contributed by atoms with Crippen LogP contribution >= 0.6 is 0 Å². The fourth-order valence-electron chi connectivity index (χ4n) is 1.70. The molecule has 19 heavy (non-hydrogen) atoms. The number of carbonyl (C=O) groups is 1. The van der Waals surface area contributed by atoms with E-state index in [0.717, 1.165) is 18.4 Å². The van der Waals surface area contributed by atoms with Gasteiger partial charge in [-0.1, -0.05) is 0 Å². The molecule has 2 rings (SSSR count). The monoisotopic (exact) mass is 263 g/mol. The first kappa shape index (κ1) is 13.1. The maximum Gasteiger partial charge on any atom is 0.226 e. The minimum absolute atomic E-state index is 0.268. The molecule has 0 spiro atoms. The lowest BCUT2D eigenvalue weighted by atomic mass is 10.2. The van der Waals surface area contributed by atoms with Crippen LogP contribution in [0.1, 0.15) is 19.3 Å². The largest absolute Gasteiger partial charge is 0.370 e. The van der Waals surface area contributed by atoms with Gasteiger partial charge >= 0.3 is 0 Å². The van der Waals surface area contributed by atoms with E-state index in [4.69, 9.17) is 5.73 Å². The standard InChI is InChI=1S/C11H17N7O/c1-13-11-17-9(8-10(18-11)16-6-15-8)14-5-3-2-4-7(12)19/h6H,2-5H2,1H3,(H2,12,19)(H3,13,14,15,16,17,18). The molecule has 0 saturated heterocycles. The third kappa shape index (κ3) is 3.30. The third-order valence-corrected chi connectivity index (χ3v) is 2.65. The molecule has 0 saturated carbocycles. The van der Waals surface area contributed by atoms with Gasteiger partial charge in [-0.3, -0.25) is 4.79 Å². The van der Waals surface area contributed by atoms with Gasteiger partial charge in [-0.2, -0.15) is 9.97 Å². The Morgan fingerprint density at radius 1 is 1.42 bits per heavy atom. The number of nitrogens with one attached hydrogen (secondary N) is 3. The van der Waals surface area contributed by atoms with Gasteiger partial charge < -0.3 is 21.4 Å². The van der Waals surface area contributed by atoms with Crippen LogP contribution in [0.2, 0.25) is 0 Å². The Morgan fingerprint density at radius 3 is 3.00 bits per heavy atom. The van der Waals surface area contributed by atoms with Gasteiger partial charge in [0, 0.05) is 20.0 Å². The molecule has 5 N–H and O–H groups in total. The number of hydrogen-bond acceptors (Lipinski definition) is 6. The van der Waals surface area contributed by atoms with Crippen LogP contribution in [0, 0.1) is 0 Å². The van der Waals surface area contributed by atoms with Gasteiger partial charge in [0.15, 0.2) is 11.5 Å². The Morgan fingerprint density at radius 2 is 2.26 bits per heavy atom. The lowest BCUT2D eigenvalue weighted by molar-refractivity contribution is -0.118. The quantitative estimate of drug-likeness (QED) is 0.538. The molecule has 2 aromatic rings. The number of amides is 1. The van der Waals surface area contributed by atoms with Crippen molar-refractivity contribution in [3.05, 3.63) is 6.33 Å². The number of hydrogen-bond donors (Lipinski definition) is 4. The smallest absolute Gasteiger partial charge is 0.226 e. The number of rotatable bonds is 7. The summed E-state index contributed by atoms with van der Waals surface area (Å²) in [7, 11) is 1.75. The van der Waals surface area contributed by atoms with Crippen molar-refractivity contribution in [1.29, 1.82) is 0 Å². The van der Waals surface area contributed by atoms with E-state index in [1.165, 1.54) is 0 Å². The molecule has 0 aliphatic carbocycles. The molecule has 0 radical (unpaired) electrons. The first-order valence-electron chi connectivity index (χ1n) is 6.11. The highest BCUT2D eigenvalue weighted by atomic mass is 16.1. The van der Waals surface area contributed by atoms with Gasteiger partial charge in [-0.15, -0.1) is 0 Å². The molecule has 0 fully saturated rings. The van der Waals surface area contributed by atoms with Crippen LogP contribution in [-0.4, -0.2) is 39.4 Å². The van der Waals surface area contributed by atoms with Crippen molar-refractivity contribution >= 4 is 28.8 Å². The van der Waals surface area contributed by atoms with Gasteiger partial charge in [-0.25, -0.2) is 4.98 Å². The average molecular weight is 263 g/mol. The van der Waals surface area contributed by atoms with Crippen LogP contribution in [0.15, 0.2) is 6.33 Å². The lowest BCUT2D eigenvalue weighted by Gasteiger charge is -2.07. The lowest BCUT2D eigenvalue weighted by Crippen LogP contribution is -2.11. The Bertz CT molecular complexity index is 565. The first-order valence-corrected chi connectivity index (χ1v) is 6.11. The van der Waals surface area contributed by atoms with Gasteiger partial charge in [0.05, 0.1) is 6.33 Å². The molecule has 8 heteroatoms. The maximum absolute atomic E-state index is 10.6. The van der Waals surface area contributed by atoms with Crippen LogP contribution in [0.3, 0.4) is 0 Å². The van der Waals surface area contributed by atoms with Crippen LogP contribution in [0.25, 0.3) is 11.2 Å². The van der Waals surface area contributed by atoms with Crippen LogP contribution in [0.5, 0.6) is 0 Å². The minimum Gasteiger partial charge on any atom is -0.370 e. The Labute approximate surface area is 110 Å². The number of aromatic amines is 1. The van der Waals surface area contributed by atoms with E-state index in [0.29, 0.717) is 30.4 Å². The minimum atomic E-state index is -0.268. The number of nitrogens with zero attached hydrogens (tertiary/aromatic N) is 3. The summed E-state index contributed by atoms with van der Waals surface area (Å²) in [5.74, 6) is 0.945. The van der Waals surface area contributed by atoms with E-state index in [9.17, 15) is 4.79 Å². The van der Waals surface area contributed by atoms with Crippen molar-refractivity contribution in [2.45, 2.75) is 19.3 Å². The van der Waals surface area contributed by atoms with Crippen molar-refractivity contribution in [2.75, 3.05) is 24.2 Å². The number of imidazole rings is 1. The van der Waals surface area contributed by atoms with Crippen molar-refractivity contribution in [2.24, 2.45) is 5.73 Å². The highest BCUT2D eigenvalue weighted by Crippen LogP contribution is 2.18. The van der Waals surface area contributed by atoms with E-state index < -0.39 is 0 Å². The molecule has 0 atom stereocenters. The molecule has 0 aliphatic rings. The Kier molecular flexibility index (Phi) is 4.11. The fraction of sp³-hybridized carbons (Fsp3) is 0.455. The second kappa shape index (κ2) is 5.98. The summed E-state index contributed by atoms with van der Waals surface area (Å²) in [6.07, 6.45) is 3.60. The zero-order valence-electron chi connectivity index (χ0n) is 10.7. The normalized spacial score (nSPS) is 10.6. The van der Waals surface area contributed by atoms with Gasteiger partial charge in [-0.05, 0) is 12.8 Å². The summed E-state index contributed by atoms with van der Waals surface area (Å²) in [6.45, 7) is 0.710. The van der Waals surface area contributed by atoms with Crippen LogP contribution in [0.4, 0.5) is 11.8 Å². The molecule has 2 aromatic heterocycles. The summed E-state index contributed by atoms with van der Waals surface area (Å²) in [5, 5.41) is 6.10. The number of primary amides is 1. The maximum atomic E-state index is 10.6. The van der Waals surface area contributed by atoms with Crippen LogP contribution in [-0.2, 0) is 4.79 Å². The molecule has 1 amide bonds. The average Bonchev–Trinajstić information content (AvgIpc) is 2.85. The van der Waals surface area contributed by atoms with E-state index in [1.807, 2.05) is 0 Å². The molecule has 102 valence electrons. The van der Waals surface area contributed by atoms with E-state index in [-0.39, 0.29) is 5.91 Å². The van der Waals surface area contributed by atoms with Crippen molar-refractivity contribution < 1.29 is 4.79 Å². The fourth-order valence-corrected chi connectivity index (χ4v) is 1.70. The van der Waals surface area contributed by atoms with E-state index in [1.54, 1.807) is 13.4 Å². The molecular weight excluding hydrogens is 246 g/mol. The number of anilines is 2. The SMILES string of the molecule is CNc1nc(NCCCCC(N)=O)c2[nH]cnc2n1. The number of unbranched alkanes of at least 4 members (excludes halogenated alkanes) is 1. The molecule has 2 heterocycles. The summed E-state index contributed by atoms with van der Waals surface area (Å²) >= 11 is 0.